The van der Waals surface area contributed by atoms with E-state index in [4.69, 9.17) is 0 Å². The van der Waals surface area contributed by atoms with Gasteiger partial charge in [0.25, 0.3) is 5.91 Å². The number of nitrogens with zero attached hydrogens (tertiary/aromatic N) is 1. The number of imidazole rings is 1. The molecular formula is C27H25N3O2. The number of nitrogens with one attached hydrogen (secondary N) is 2. The van der Waals surface area contributed by atoms with Crippen LogP contribution < -0.4 is 5.32 Å². The van der Waals surface area contributed by atoms with Crippen LogP contribution in [-0.2, 0) is 0 Å². The highest BCUT2D eigenvalue weighted by Crippen LogP contribution is 2.18. The molecule has 4 aromatic rings. The molecule has 5 heteroatoms. The number of hydrogen-bond acceptors (Lipinski definition) is 3. The Morgan fingerprint density at radius 3 is 2.38 bits per heavy atom. The molecule has 0 aliphatic rings. The van der Waals surface area contributed by atoms with E-state index in [9.17, 15) is 9.59 Å². The second-order valence-corrected chi connectivity index (χ2v) is 8.16. The molecule has 4 rings (SSSR count). The summed E-state index contributed by atoms with van der Waals surface area (Å²) in [6.45, 7) is 6.26. The first kappa shape index (κ1) is 21.2. The molecule has 0 spiro atoms. The maximum Gasteiger partial charge on any atom is 0.255 e. The quantitative estimate of drug-likeness (QED) is 0.289. The molecule has 0 radical (unpaired) electrons. The fourth-order valence-corrected chi connectivity index (χ4v) is 3.39. The maximum atomic E-state index is 12.5. The van der Waals surface area contributed by atoms with Crippen molar-refractivity contribution in [3.63, 3.8) is 0 Å². The monoisotopic (exact) mass is 423 g/mol. The lowest BCUT2D eigenvalue weighted by atomic mass is 10.0. The number of anilines is 1. The number of H-pyrrole nitrogens is 1. The van der Waals surface area contributed by atoms with E-state index in [-0.39, 0.29) is 11.7 Å². The van der Waals surface area contributed by atoms with Gasteiger partial charge in [-0.3, -0.25) is 9.59 Å². The number of amides is 1. The van der Waals surface area contributed by atoms with E-state index in [0.29, 0.717) is 17.3 Å². The van der Waals surface area contributed by atoms with E-state index in [1.807, 2.05) is 61.5 Å². The minimum absolute atomic E-state index is 0.175. The fourth-order valence-electron chi connectivity index (χ4n) is 3.39. The number of aromatic amines is 1. The van der Waals surface area contributed by atoms with E-state index in [1.54, 1.807) is 18.2 Å². The van der Waals surface area contributed by atoms with Crippen LogP contribution in [0.2, 0.25) is 0 Å². The zero-order valence-electron chi connectivity index (χ0n) is 18.3. The van der Waals surface area contributed by atoms with Gasteiger partial charge in [0.1, 0.15) is 0 Å². The Balaban J connectivity index is 1.40. The van der Waals surface area contributed by atoms with Crippen LogP contribution in [-0.4, -0.2) is 21.7 Å². The number of hydrogen-bond donors (Lipinski definition) is 2. The number of benzene rings is 3. The number of allylic oxidation sites excluding steroid dienone is 1. The van der Waals surface area contributed by atoms with E-state index in [1.165, 1.54) is 11.6 Å². The molecule has 0 fully saturated rings. The van der Waals surface area contributed by atoms with Gasteiger partial charge in [-0.1, -0.05) is 50.3 Å². The summed E-state index contributed by atoms with van der Waals surface area (Å²) in [5.74, 6) is 0.376. The van der Waals surface area contributed by atoms with Gasteiger partial charge in [-0.25, -0.2) is 4.98 Å². The second-order valence-electron chi connectivity index (χ2n) is 8.16. The highest BCUT2D eigenvalue weighted by atomic mass is 16.1. The number of fused-ring (bicyclic) bond motifs is 1. The van der Waals surface area contributed by atoms with Gasteiger partial charge in [0.15, 0.2) is 5.82 Å². The van der Waals surface area contributed by atoms with Crippen molar-refractivity contribution in [2.24, 2.45) is 0 Å². The molecule has 0 saturated carbocycles. The van der Waals surface area contributed by atoms with Gasteiger partial charge in [0, 0.05) is 11.3 Å². The minimum Gasteiger partial charge on any atom is -0.335 e. The average Bonchev–Trinajstić information content (AvgIpc) is 3.21. The lowest BCUT2D eigenvalue weighted by Gasteiger charge is -2.08. The van der Waals surface area contributed by atoms with Crippen LogP contribution in [0.15, 0.2) is 72.8 Å². The molecule has 0 bridgehead atoms. The molecule has 0 saturated heterocycles. The van der Waals surface area contributed by atoms with E-state index >= 15 is 0 Å². The van der Waals surface area contributed by atoms with Gasteiger partial charge in [-0.2, -0.15) is 0 Å². The Kier molecular flexibility index (Phi) is 5.99. The summed E-state index contributed by atoms with van der Waals surface area (Å²) < 4.78 is 0. The topological polar surface area (TPSA) is 74.8 Å². The Morgan fingerprint density at radius 1 is 0.969 bits per heavy atom. The van der Waals surface area contributed by atoms with Crippen molar-refractivity contribution < 1.29 is 9.59 Å². The first-order valence-corrected chi connectivity index (χ1v) is 10.6. The maximum absolute atomic E-state index is 12.5. The number of aromatic nitrogens is 2. The predicted molar refractivity (Wildman–Crippen MR) is 129 cm³/mol. The van der Waals surface area contributed by atoms with Gasteiger partial charge in [0.2, 0.25) is 5.78 Å². The second kappa shape index (κ2) is 9.02. The molecule has 0 atom stereocenters. The summed E-state index contributed by atoms with van der Waals surface area (Å²) in [6, 6.07) is 20.8. The summed E-state index contributed by atoms with van der Waals surface area (Å²) >= 11 is 0. The van der Waals surface area contributed by atoms with Gasteiger partial charge >= 0.3 is 0 Å². The SMILES string of the molecule is Cc1ccc2nc(C(=O)C=Cc3ccc(C(=O)Nc4ccc(C(C)C)cc4)cc3)[nH]c2c1. The molecule has 0 aliphatic heterocycles. The van der Waals surface area contributed by atoms with Crippen LogP contribution in [0.5, 0.6) is 0 Å². The Morgan fingerprint density at radius 2 is 1.69 bits per heavy atom. The Hall–Kier alpha value is -3.99. The third kappa shape index (κ3) is 4.83. The number of ketones is 1. The van der Waals surface area contributed by atoms with Crippen molar-refractivity contribution in [3.8, 4) is 0 Å². The standard InChI is InChI=1S/C27H25N3O2/c1-17(2)20-10-12-22(13-11-20)28-27(32)21-8-5-19(6-9-21)7-15-25(31)26-29-23-14-4-18(3)16-24(23)30-26/h4-17H,1-3H3,(H,28,32)(H,29,30). The highest BCUT2D eigenvalue weighted by Gasteiger charge is 2.09. The normalized spacial score (nSPS) is 11.4. The Labute approximate surface area is 187 Å². The number of aryl methyl sites for hydroxylation is 1. The molecule has 5 nitrogen and oxygen atoms in total. The first-order chi connectivity index (χ1) is 15.4. The lowest BCUT2D eigenvalue weighted by molar-refractivity contribution is 0.102. The van der Waals surface area contributed by atoms with Gasteiger partial charge in [-0.05, 0) is 72.0 Å². The first-order valence-electron chi connectivity index (χ1n) is 10.6. The van der Waals surface area contributed by atoms with Crippen molar-refractivity contribution >= 4 is 34.5 Å². The number of carbonyl (C=O) groups is 2. The third-order valence-electron chi connectivity index (χ3n) is 5.31. The van der Waals surface area contributed by atoms with Crippen LogP contribution in [0.3, 0.4) is 0 Å². The molecule has 160 valence electrons. The summed E-state index contributed by atoms with van der Waals surface area (Å²) in [4.78, 5) is 32.4. The highest BCUT2D eigenvalue weighted by molar-refractivity contribution is 6.06. The molecule has 0 unspecified atom stereocenters. The predicted octanol–water partition coefficient (Wildman–Crippen LogP) is 6.14. The molecule has 32 heavy (non-hydrogen) atoms. The number of carbonyl (C=O) groups excluding carboxylic acids is 2. The van der Waals surface area contributed by atoms with Crippen LogP contribution in [0.25, 0.3) is 17.1 Å². The fraction of sp³-hybridized carbons (Fsp3) is 0.148. The molecule has 1 aromatic heterocycles. The summed E-state index contributed by atoms with van der Waals surface area (Å²) in [7, 11) is 0. The van der Waals surface area contributed by atoms with Gasteiger partial charge in [-0.15, -0.1) is 0 Å². The average molecular weight is 424 g/mol. The van der Waals surface area contributed by atoms with Crippen molar-refractivity contribution in [1.29, 1.82) is 0 Å². The van der Waals surface area contributed by atoms with Crippen molar-refractivity contribution in [2.75, 3.05) is 5.32 Å². The van der Waals surface area contributed by atoms with E-state index in [2.05, 4.69) is 29.1 Å². The third-order valence-corrected chi connectivity index (χ3v) is 5.31. The van der Waals surface area contributed by atoms with Crippen LogP contribution >= 0.6 is 0 Å². The molecule has 1 amide bonds. The van der Waals surface area contributed by atoms with Crippen LogP contribution in [0.1, 0.15) is 57.4 Å². The van der Waals surface area contributed by atoms with Crippen molar-refractivity contribution in [3.05, 3.63) is 101 Å². The zero-order valence-corrected chi connectivity index (χ0v) is 18.3. The minimum atomic E-state index is -0.203. The van der Waals surface area contributed by atoms with Gasteiger partial charge in [0.05, 0.1) is 11.0 Å². The number of rotatable bonds is 6. The Bertz CT molecular complexity index is 1300. The van der Waals surface area contributed by atoms with E-state index in [0.717, 1.165) is 27.8 Å². The lowest BCUT2D eigenvalue weighted by Crippen LogP contribution is -2.11. The largest absolute Gasteiger partial charge is 0.335 e. The summed E-state index contributed by atoms with van der Waals surface area (Å²) in [5.41, 5.74) is 6.07. The summed E-state index contributed by atoms with van der Waals surface area (Å²) in [6.07, 6.45) is 3.20. The molecule has 2 N–H and O–H groups in total. The van der Waals surface area contributed by atoms with Gasteiger partial charge < -0.3 is 10.3 Å². The van der Waals surface area contributed by atoms with Crippen LogP contribution in [0.4, 0.5) is 5.69 Å². The molecule has 3 aromatic carbocycles. The molecule has 1 heterocycles. The zero-order chi connectivity index (χ0) is 22.7. The smallest absolute Gasteiger partial charge is 0.255 e. The molecular weight excluding hydrogens is 398 g/mol. The van der Waals surface area contributed by atoms with Crippen molar-refractivity contribution in [1.82, 2.24) is 9.97 Å². The van der Waals surface area contributed by atoms with Crippen LogP contribution in [0, 0.1) is 6.92 Å². The summed E-state index contributed by atoms with van der Waals surface area (Å²) in [5, 5.41) is 2.91. The van der Waals surface area contributed by atoms with E-state index < -0.39 is 0 Å². The van der Waals surface area contributed by atoms with Crippen molar-refractivity contribution in [2.45, 2.75) is 26.7 Å². The molecule has 0 aliphatic carbocycles.